The molecule has 3 rings (SSSR count). The van der Waals surface area contributed by atoms with E-state index in [1.807, 2.05) is 26.0 Å². The fourth-order valence-corrected chi connectivity index (χ4v) is 4.41. The molecule has 0 saturated heterocycles. The molecular weight excluding hydrogens is 428 g/mol. The highest BCUT2D eigenvalue weighted by atomic mass is 32.2. The molecule has 0 fully saturated rings. The lowest BCUT2D eigenvalue weighted by Gasteiger charge is -2.24. The van der Waals surface area contributed by atoms with Crippen molar-refractivity contribution < 1.29 is 23.0 Å². The van der Waals surface area contributed by atoms with Crippen LogP contribution in [0.1, 0.15) is 36.4 Å². The number of methoxy groups -OCH3 is 1. The summed E-state index contributed by atoms with van der Waals surface area (Å²) in [5.74, 6) is 1.14. The number of benzene rings is 2. The molecular formula is C24H28N2O5S. The maximum atomic E-state index is 12.1. The third kappa shape index (κ3) is 5.09. The zero-order chi connectivity index (χ0) is 23.7. The summed E-state index contributed by atoms with van der Waals surface area (Å²) in [6.07, 6.45) is 0. The Bertz CT molecular complexity index is 1250. The van der Waals surface area contributed by atoms with Gasteiger partial charge >= 0.3 is 0 Å². The molecule has 0 unspecified atom stereocenters. The van der Waals surface area contributed by atoms with Crippen LogP contribution in [0.4, 0.5) is 0 Å². The summed E-state index contributed by atoms with van der Waals surface area (Å²) < 4.78 is 35.6. The van der Waals surface area contributed by atoms with Crippen molar-refractivity contribution >= 4 is 10.0 Å². The Hall–Kier alpha value is -2.94. The van der Waals surface area contributed by atoms with E-state index < -0.39 is 15.6 Å². The second-order valence-corrected chi connectivity index (χ2v) is 9.68. The van der Waals surface area contributed by atoms with Crippen LogP contribution in [0.3, 0.4) is 0 Å². The monoisotopic (exact) mass is 456 g/mol. The highest BCUT2D eigenvalue weighted by molar-refractivity contribution is 7.89. The van der Waals surface area contributed by atoms with Crippen molar-refractivity contribution in [3.05, 3.63) is 71.0 Å². The number of aliphatic hydroxyl groups is 1. The van der Waals surface area contributed by atoms with Gasteiger partial charge in [0, 0.05) is 17.3 Å². The molecule has 0 spiro atoms. The summed E-state index contributed by atoms with van der Waals surface area (Å²) in [5, 5.41) is 16.3. The predicted molar refractivity (Wildman–Crippen MR) is 123 cm³/mol. The van der Waals surface area contributed by atoms with E-state index in [1.54, 1.807) is 51.3 Å². The van der Waals surface area contributed by atoms with Gasteiger partial charge in [0.2, 0.25) is 10.0 Å². The van der Waals surface area contributed by atoms with E-state index in [1.165, 1.54) is 6.07 Å². The summed E-state index contributed by atoms with van der Waals surface area (Å²) in [7, 11) is -2.38. The van der Waals surface area contributed by atoms with E-state index in [9.17, 15) is 13.5 Å². The second-order valence-electron chi connectivity index (χ2n) is 8.15. The van der Waals surface area contributed by atoms with Crippen LogP contribution >= 0.6 is 0 Å². The largest absolute Gasteiger partial charge is 0.491 e. The Morgan fingerprint density at radius 2 is 1.75 bits per heavy atom. The Labute approximate surface area is 188 Å². The molecule has 1 heterocycles. The summed E-state index contributed by atoms with van der Waals surface area (Å²) in [5.41, 5.74) is 2.68. The number of aryl methyl sites for hydroxylation is 2. The number of pyridine rings is 1. The molecule has 3 N–H and O–H groups in total. The smallest absolute Gasteiger partial charge is 0.238 e. The first-order valence-electron chi connectivity index (χ1n) is 10.0. The molecule has 3 aromatic rings. The molecule has 0 aliphatic rings. The summed E-state index contributed by atoms with van der Waals surface area (Å²) in [6, 6.07) is 13.7. The zero-order valence-electron chi connectivity index (χ0n) is 18.8. The minimum atomic E-state index is -3.94. The molecule has 32 heavy (non-hydrogen) atoms. The van der Waals surface area contributed by atoms with Crippen molar-refractivity contribution in [3.8, 4) is 22.6 Å². The molecule has 1 aromatic heterocycles. The van der Waals surface area contributed by atoms with Crippen molar-refractivity contribution in [2.24, 2.45) is 5.14 Å². The van der Waals surface area contributed by atoms with Gasteiger partial charge in [0.05, 0.1) is 23.3 Å². The van der Waals surface area contributed by atoms with Crippen LogP contribution in [0.15, 0.2) is 53.4 Å². The molecule has 0 bridgehead atoms. The highest BCUT2D eigenvalue weighted by Gasteiger charge is 2.25. The summed E-state index contributed by atoms with van der Waals surface area (Å²) in [4.78, 5) is 4.38. The van der Waals surface area contributed by atoms with Crippen LogP contribution in [0, 0.1) is 13.8 Å². The lowest BCUT2D eigenvalue weighted by atomic mass is 9.88. The number of sulfonamides is 1. The maximum Gasteiger partial charge on any atom is 0.238 e. The van der Waals surface area contributed by atoms with Crippen LogP contribution in [0.2, 0.25) is 0 Å². The van der Waals surface area contributed by atoms with Crippen LogP contribution in [0.5, 0.6) is 11.5 Å². The van der Waals surface area contributed by atoms with Crippen molar-refractivity contribution in [2.75, 3.05) is 7.11 Å². The Morgan fingerprint density at radius 3 is 2.38 bits per heavy atom. The number of hydrogen-bond acceptors (Lipinski definition) is 6. The Morgan fingerprint density at radius 1 is 1.06 bits per heavy atom. The highest BCUT2D eigenvalue weighted by Crippen LogP contribution is 2.36. The molecule has 8 heteroatoms. The van der Waals surface area contributed by atoms with E-state index >= 15 is 0 Å². The predicted octanol–water partition coefficient (Wildman–Crippen LogP) is 3.83. The van der Waals surface area contributed by atoms with Crippen molar-refractivity contribution in [1.82, 2.24) is 4.98 Å². The van der Waals surface area contributed by atoms with E-state index in [-0.39, 0.29) is 11.5 Å². The topological polar surface area (TPSA) is 112 Å². The quantitative estimate of drug-likeness (QED) is 0.559. The second kappa shape index (κ2) is 8.90. The average molecular weight is 457 g/mol. The van der Waals surface area contributed by atoms with Crippen LogP contribution in [-0.4, -0.2) is 25.6 Å². The molecule has 0 saturated carbocycles. The lowest BCUT2D eigenvalue weighted by Crippen LogP contribution is -2.19. The fourth-order valence-electron chi connectivity index (χ4n) is 3.66. The average Bonchev–Trinajstić information content (AvgIpc) is 2.70. The van der Waals surface area contributed by atoms with Gasteiger partial charge in [-0.2, -0.15) is 0 Å². The number of ether oxygens (including phenoxy) is 2. The van der Waals surface area contributed by atoms with Crippen LogP contribution in [-0.2, 0) is 22.2 Å². The molecule has 170 valence electrons. The first-order valence-corrected chi connectivity index (χ1v) is 11.6. The molecule has 0 aliphatic carbocycles. The van der Waals surface area contributed by atoms with E-state index in [2.05, 4.69) is 4.98 Å². The molecule has 0 aliphatic heterocycles. The first-order chi connectivity index (χ1) is 14.9. The Kier molecular flexibility index (Phi) is 6.59. The third-order valence-electron chi connectivity index (χ3n) is 5.06. The minimum absolute atomic E-state index is 0.00183. The van der Waals surface area contributed by atoms with Crippen molar-refractivity contribution in [1.29, 1.82) is 0 Å². The molecule has 0 atom stereocenters. The van der Waals surface area contributed by atoms with Gasteiger partial charge in [0.1, 0.15) is 6.61 Å². The molecule has 2 aromatic carbocycles. The minimum Gasteiger partial charge on any atom is -0.491 e. The third-order valence-corrected chi connectivity index (χ3v) is 6.03. The Balaban J connectivity index is 2.04. The summed E-state index contributed by atoms with van der Waals surface area (Å²) >= 11 is 0. The lowest BCUT2D eigenvalue weighted by molar-refractivity contribution is 0.0790. The first kappa shape index (κ1) is 23.7. The normalized spacial score (nSPS) is 12.0. The van der Waals surface area contributed by atoms with Gasteiger partial charge in [-0.1, -0.05) is 30.3 Å². The van der Waals surface area contributed by atoms with Crippen LogP contribution in [0.25, 0.3) is 11.1 Å². The number of nitrogens with two attached hydrogens (primary N) is 1. The SMILES string of the molecule is COc1c(OCc2ccc(-c3ccccc3S(N)(=O)=O)c(C(C)(C)O)c2)cc(C)nc1C. The fraction of sp³-hybridized carbons (Fsp3) is 0.292. The molecule has 0 radical (unpaired) electrons. The van der Waals surface area contributed by atoms with E-state index in [0.717, 1.165) is 17.0 Å². The number of nitrogens with zero attached hydrogens (tertiary/aromatic N) is 1. The molecule has 0 amide bonds. The van der Waals surface area contributed by atoms with Gasteiger partial charge in [-0.25, -0.2) is 13.6 Å². The van der Waals surface area contributed by atoms with Gasteiger partial charge < -0.3 is 14.6 Å². The van der Waals surface area contributed by atoms with Gasteiger partial charge in [-0.05, 0) is 56.5 Å². The van der Waals surface area contributed by atoms with Crippen molar-refractivity contribution in [2.45, 2.75) is 44.8 Å². The van der Waals surface area contributed by atoms with Crippen molar-refractivity contribution in [3.63, 3.8) is 0 Å². The van der Waals surface area contributed by atoms with Gasteiger partial charge in [-0.3, -0.25) is 4.98 Å². The van der Waals surface area contributed by atoms with Gasteiger partial charge in [0.15, 0.2) is 11.5 Å². The summed E-state index contributed by atoms with van der Waals surface area (Å²) in [6.45, 7) is 7.25. The number of hydrogen-bond donors (Lipinski definition) is 2. The zero-order valence-corrected chi connectivity index (χ0v) is 19.7. The number of primary sulfonamides is 1. The van der Waals surface area contributed by atoms with Crippen LogP contribution < -0.4 is 14.6 Å². The standard InChI is InChI=1S/C24H28N2O5S/c1-15-12-21(23(30-5)16(2)26-15)31-14-17-10-11-18(20(13-17)24(3,4)27)19-8-6-7-9-22(19)32(25,28)29/h6-13,27H,14H2,1-5H3,(H2,25,28,29). The van der Waals surface area contributed by atoms with E-state index in [0.29, 0.717) is 28.2 Å². The van der Waals surface area contributed by atoms with Gasteiger partial charge in [0.25, 0.3) is 0 Å². The van der Waals surface area contributed by atoms with E-state index in [4.69, 9.17) is 14.6 Å². The van der Waals surface area contributed by atoms with Gasteiger partial charge in [-0.15, -0.1) is 0 Å². The molecule has 7 nitrogen and oxygen atoms in total. The number of aromatic nitrogens is 1. The number of rotatable bonds is 7. The maximum absolute atomic E-state index is 12.1.